The van der Waals surface area contributed by atoms with Crippen molar-refractivity contribution in [2.24, 2.45) is 5.92 Å². The van der Waals surface area contributed by atoms with Gasteiger partial charge in [0.05, 0.1) is 0 Å². The van der Waals surface area contributed by atoms with Gasteiger partial charge in [-0.25, -0.2) is 0 Å². The maximum Gasteiger partial charge on any atom is 0.219 e. The molecule has 0 spiro atoms. The highest BCUT2D eigenvalue weighted by molar-refractivity contribution is 5.74. The first-order valence-corrected chi connectivity index (χ1v) is 3.43. The molecule has 0 atom stereocenters. The molecule has 1 aliphatic heterocycles. The third-order valence-corrected chi connectivity index (χ3v) is 1.81. The van der Waals surface area contributed by atoms with Crippen molar-refractivity contribution in [1.82, 2.24) is 4.90 Å². The van der Waals surface area contributed by atoms with E-state index < -0.39 is 0 Å². The Kier molecular flexibility index (Phi) is 1.96. The van der Waals surface area contributed by atoms with Crippen molar-refractivity contribution in [2.45, 2.75) is 13.3 Å². The minimum Gasteiger partial charge on any atom is -0.342 e. The molecule has 0 aromatic rings. The molecule has 0 aliphatic carbocycles. The molecular weight excluding hydrogens is 126 g/mol. The maximum absolute atomic E-state index is 10.7. The molecule has 1 fully saturated rings. The van der Waals surface area contributed by atoms with E-state index >= 15 is 0 Å². The van der Waals surface area contributed by atoms with Crippen molar-refractivity contribution in [1.29, 1.82) is 0 Å². The summed E-state index contributed by atoms with van der Waals surface area (Å²) in [5.41, 5.74) is 0. The summed E-state index contributed by atoms with van der Waals surface area (Å²) in [6.45, 7) is 3.31. The number of hydrogen-bond acceptors (Lipinski definition) is 1. The van der Waals surface area contributed by atoms with Crippen LogP contribution < -0.4 is 0 Å². The molecule has 1 heterocycles. The summed E-state index contributed by atoms with van der Waals surface area (Å²) in [6, 6.07) is 0. The first-order chi connectivity index (χ1) is 4.74. The van der Waals surface area contributed by atoms with Gasteiger partial charge >= 0.3 is 0 Å². The molecule has 0 saturated carbocycles. The normalized spacial score (nSPS) is 17.8. The second kappa shape index (κ2) is 2.74. The molecule has 2 heteroatoms. The zero-order valence-corrected chi connectivity index (χ0v) is 6.13. The molecule has 0 aromatic heterocycles. The summed E-state index contributed by atoms with van der Waals surface area (Å²) in [5, 5.41) is 0. The lowest BCUT2D eigenvalue weighted by Crippen LogP contribution is -2.48. The average molecular weight is 137 g/mol. The van der Waals surface area contributed by atoms with Gasteiger partial charge < -0.3 is 4.90 Å². The van der Waals surface area contributed by atoms with Gasteiger partial charge in [0.1, 0.15) is 0 Å². The van der Waals surface area contributed by atoms with E-state index in [0.717, 1.165) is 19.5 Å². The highest BCUT2D eigenvalue weighted by Gasteiger charge is 2.27. The molecule has 1 amide bonds. The molecule has 1 rings (SSSR count). The van der Waals surface area contributed by atoms with Crippen LogP contribution in [-0.4, -0.2) is 23.9 Å². The van der Waals surface area contributed by atoms with Crippen LogP contribution in [-0.2, 0) is 4.79 Å². The number of likely N-dealkylation sites (tertiary alicyclic amines) is 1. The lowest BCUT2D eigenvalue weighted by molar-refractivity contribution is -0.134. The van der Waals surface area contributed by atoms with Crippen LogP contribution in [0.5, 0.6) is 0 Å². The van der Waals surface area contributed by atoms with Crippen molar-refractivity contribution in [3.05, 3.63) is 0 Å². The number of carbonyl (C=O) groups is 1. The SMILES string of the molecule is C#CCC1CN(C(C)=O)C1. The van der Waals surface area contributed by atoms with Gasteiger partial charge in [0.2, 0.25) is 5.91 Å². The van der Waals surface area contributed by atoms with E-state index in [1.807, 2.05) is 4.90 Å². The van der Waals surface area contributed by atoms with Gasteiger partial charge in [-0.1, -0.05) is 0 Å². The number of carbonyl (C=O) groups excluding carboxylic acids is 1. The van der Waals surface area contributed by atoms with Gasteiger partial charge in [0, 0.05) is 32.4 Å². The molecule has 0 bridgehead atoms. The Balaban J connectivity index is 2.19. The van der Waals surface area contributed by atoms with Crippen LogP contribution in [0, 0.1) is 18.3 Å². The third kappa shape index (κ3) is 1.30. The molecule has 10 heavy (non-hydrogen) atoms. The molecule has 2 nitrogen and oxygen atoms in total. The fraction of sp³-hybridized carbons (Fsp3) is 0.625. The summed E-state index contributed by atoms with van der Waals surface area (Å²) in [6.07, 6.45) is 5.92. The van der Waals surface area contributed by atoms with Crippen LogP contribution in [0.15, 0.2) is 0 Å². The van der Waals surface area contributed by atoms with E-state index in [0.29, 0.717) is 5.92 Å². The second-order valence-electron chi connectivity index (χ2n) is 2.70. The standard InChI is InChI=1S/C8H11NO/c1-3-4-8-5-9(6-8)7(2)10/h1,8H,4-6H2,2H3. The molecule has 1 aliphatic rings. The molecule has 0 aromatic carbocycles. The van der Waals surface area contributed by atoms with Gasteiger partial charge in [-0.3, -0.25) is 4.79 Å². The predicted octanol–water partition coefficient (Wildman–Crippen LogP) is 0.488. The first-order valence-electron chi connectivity index (χ1n) is 3.43. The smallest absolute Gasteiger partial charge is 0.219 e. The van der Waals surface area contributed by atoms with Crippen molar-refractivity contribution >= 4 is 5.91 Å². The van der Waals surface area contributed by atoms with Gasteiger partial charge in [-0.15, -0.1) is 12.3 Å². The van der Waals surface area contributed by atoms with Crippen molar-refractivity contribution < 1.29 is 4.79 Å². The van der Waals surface area contributed by atoms with E-state index in [1.54, 1.807) is 6.92 Å². The molecule has 1 saturated heterocycles. The zero-order chi connectivity index (χ0) is 7.56. The summed E-state index contributed by atoms with van der Waals surface area (Å²) >= 11 is 0. The van der Waals surface area contributed by atoms with Gasteiger partial charge in [0.15, 0.2) is 0 Å². The summed E-state index contributed by atoms with van der Waals surface area (Å²) in [5.74, 6) is 3.32. The monoisotopic (exact) mass is 137 g/mol. The van der Waals surface area contributed by atoms with E-state index in [9.17, 15) is 4.79 Å². The highest BCUT2D eigenvalue weighted by atomic mass is 16.2. The van der Waals surface area contributed by atoms with Crippen LogP contribution in [0.1, 0.15) is 13.3 Å². The van der Waals surface area contributed by atoms with Crippen molar-refractivity contribution in [2.75, 3.05) is 13.1 Å². The fourth-order valence-corrected chi connectivity index (χ4v) is 1.12. The zero-order valence-electron chi connectivity index (χ0n) is 6.13. The first kappa shape index (κ1) is 7.14. The maximum atomic E-state index is 10.7. The van der Waals surface area contributed by atoms with E-state index in [1.165, 1.54) is 0 Å². The van der Waals surface area contributed by atoms with Gasteiger partial charge in [-0.2, -0.15) is 0 Å². The highest BCUT2D eigenvalue weighted by Crippen LogP contribution is 2.17. The lowest BCUT2D eigenvalue weighted by Gasteiger charge is -2.37. The van der Waals surface area contributed by atoms with Gasteiger partial charge in [-0.05, 0) is 0 Å². The minimum atomic E-state index is 0.160. The van der Waals surface area contributed by atoms with E-state index in [-0.39, 0.29) is 5.91 Å². The summed E-state index contributed by atoms with van der Waals surface area (Å²) < 4.78 is 0. The topological polar surface area (TPSA) is 20.3 Å². The van der Waals surface area contributed by atoms with E-state index in [4.69, 9.17) is 6.42 Å². The number of rotatable bonds is 1. The Morgan fingerprint density at radius 3 is 2.80 bits per heavy atom. The average Bonchev–Trinajstić information content (AvgIpc) is 1.76. The molecule has 0 N–H and O–H groups in total. The largest absolute Gasteiger partial charge is 0.342 e. The quantitative estimate of drug-likeness (QED) is 0.481. The number of hydrogen-bond donors (Lipinski definition) is 0. The van der Waals surface area contributed by atoms with Crippen LogP contribution in [0.3, 0.4) is 0 Å². The fourth-order valence-electron chi connectivity index (χ4n) is 1.12. The summed E-state index contributed by atoms with van der Waals surface area (Å²) in [7, 11) is 0. The number of amides is 1. The molecule has 0 unspecified atom stereocenters. The van der Waals surface area contributed by atoms with Crippen molar-refractivity contribution in [3.63, 3.8) is 0 Å². The lowest BCUT2D eigenvalue weighted by atomic mass is 9.97. The predicted molar refractivity (Wildman–Crippen MR) is 39.2 cm³/mol. The van der Waals surface area contributed by atoms with Crippen LogP contribution >= 0.6 is 0 Å². The third-order valence-electron chi connectivity index (χ3n) is 1.81. The van der Waals surface area contributed by atoms with Crippen molar-refractivity contribution in [3.8, 4) is 12.3 Å². The Hall–Kier alpha value is -0.970. The van der Waals surface area contributed by atoms with Crippen LogP contribution in [0.25, 0.3) is 0 Å². The van der Waals surface area contributed by atoms with E-state index in [2.05, 4.69) is 5.92 Å². The Morgan fingerprint density at radius 1 is 1.80 bits per heavy atom. The Bertz CT molecular complexity index is 174. The van der Waals surface area contributed by atoms with Gasteiger partial charge in [0.25, 0.3) is 0 Å². The van der Waals surface area contributed by atoms with Crippen LogP contribution in [0.2, 0.25) is 0 Å². The molecule has 54 valence electrons. The molecular formula is C8H11NO. The second-order valence-corrected chi connectivity index (χ2v) is 2.70. The number of nitrogens with zero attached hydrogens (tertiary/aromatic N) is 1. The minimum absolute atomic E-state index is 0.160. The number of terminal acetylenes is 1. The summed E-state index contributed by atoms with van der Waals surface area (Å²) in [4.78, 5) is 12.5. The van der Waals surface area contributed by atoms with Crippen LogP contribution in [0.4, 0.5) is 0 Å². The Morgan fingerprint density at radius 2 is 2.40 bits per heavy atom. The molecule has 0 radical (unpaired) electrons. The Labute approximate surface area is 61.2 Å².